The standard InChI is InChI=1S/C9H14ClN3O2S2/c1-7(16-2)3-4-13-17(14,15)8-5-11-9(10)12-6-8/h5-7,13H,3-4H2,1-2H3. The van der Waals surface area contributed by atoms with Gasteiger partial charge in [0.15, 0.2) is 0 Å². The zero-order valence-electron chi connectivity index (χ0n) is 9.55. The highest BCUT2D eigenvalue weighted by atomic mass is 35.5. The van der Waals surface area contributed by atoms with Crippen LogP contribution in [0.25, 0.3) is 0 Å². The summed E-state index contributed by atoms with van der Waals surface area (Å²) in [5.74, 6) is 0. The van der Waals surface area contributed by atoms with Gasteiger partial charge in [-0.2, -0.15) is 11.8 Å². The van der Waals surface area contributed by atoms with Gasteiger partial charge >= 0.3 is 0 Å². The van der Waals surface area contributed by atoms with Crippen LogP contribution in [-0.4, -0.2) is 36.4 Å². The van der Waals surface area contributed by atoms with Gasteiger partial charge in [-0.1, -0.05) is 6.92 Å². The van der Waals surface area contributed by atoms with Crippen molar-refractivity contribution < 1.29 is 8.42 Å². The molecule has 1 unspecified atom stereocenters. The third-order valence-corrected chi connectivity index (χ3v) is 4.80. The minimum absolute atomic E-state index is 0.0266. The fourth-order valence-corrected chi connectivity index (χ4v) is 2.42. The molecule has 0 bridgehead atoms. The molecule has 1 aromatic heterocycles. The van der Waals surface area contributed by atoms with Crippen molar-refractivity contribution in [2.75, 3.05) is 12.8 Å². The molecule has 0 radical (unpaired) electrons. The first-order valence-corrected chi connectivity index (χ1v) is 8.10. The average molecular weight is 296 g/mol. The highest BCUT2D eigenvalue weighted by Crippen LogP contribution is 2.10. The van der Waals surface area contributed by atoms with Crippen molar-refractivity contribution in [1.82, 2.24) is 14.7 Å². The molecule has 0 saturated heterocycles. The maximum Gasteiger partial charge on any atom is 0.243 e. The van der Waals surface area contributed by atoms with Crippen molar-refractivity contribution in [1.29, 1.82) is 0 Å². The van der Waals surface area contributed by atoms with Gasteiger partial charge in [-0.3, -0.25) is 0 Å². The second kappa shape index (κ2) is 6.53. The van der Waals surface area contributed by atoms with Crippen LogP contribution in [0.3, 0.4) is 0 Å². The van der Waals surface area contributed by atoms with E-state index in [0.717, 1.165) is 6.42 Å². The Labute approximate surface area is 110 Å². The fraction of sp³-hybridized carbons (Fsp3) is 0.556. The molecule has 0 aromatic carbocycles. The Morgan fingerprint density at radius 3 is 2.59 bits per heavy atom. The number of hydrogen-bond donors (Lipinski definition) is 1. The predicted molar refractivity (Wildman–Crippen MR) is 69.8 cm³/mol. The Morgan fingerprint density at radius 2 is 2.06 bits per heavy atom. The summed E-state index contributed by atoms with van der Waals surface area (Å²) in [5.41, 5.74) is 0. The van der Waals surface area contributed by atoms with E-state index in [1.807, 2.05) is 13.2 Å². The summed E-state index contributed by atoms with van der Waals surface area (Å²) in [6.45, 7) is 2.44. The van der Waals surface area contributed by atoms with Gasteiger partial charge in [0.1, 0.15) is 4.90 Å². The van der Waals surface area contributed by atoms with Gasteiger partial charge in [-0.25, -0.2) is 23.1 Å². The van der Waals surface area contributed by atoms with Crippen molar-refractivity contribution in [3.8, 4) is 0 Å². The molecular weight excluding hydrogens is 282 g/mol. The largest absolute Gasteiger partial charge is 0.243 e. The van der Waals surface area contributed by atoms with E-state index < -0.39 is 10.0 Å². The van der Waals surface area contributed by atoms with E-state index in [9.17, 15) is 8.42 Å². The Kier molecular flexibility index (Phi) is 5.64. The first-order valence-electron chi connectivity index (χ1n) is 4.95. The van der Waals surface area contributed by atoms with Gasteiger partial charge < -0.3 is 0 Å². The first kappa shape index (κ1) is 14.7. The third-order valence-electron chi connectivity index (χ3n) is 2.15. The van der Waals surface area contributed by atoms with Gasteiger partial charge in [-0.15, -0.1) is 0 Å². The molecule has 17 heavy (non-hydrogen) atoms. The number of thioether (sulfide) groups is 1. The van der Waals surface area contributed by atoms with Crippen molar-refractivity contribution >= 4 is 33.4 Å². The summed E-state index contributed by atoms with van der Waals surface area (Å²) in [6.07, 6.45) is 5.15. The minimum Gasteiger partial charge on any atom is -0.225 e. The van der Waals surface area contributed by atoms with Crippen molar-refractivity contribution in [3.05, 3.63) is 17.7 Å². The highest BCUT2D eigenvalue weighted by molar-refractivity contribution is 7.99. The fourth-order valence-electron chi connectivity index (χ4n) is 1.04. The molecule has 1 rings (SSSR count). The summed E-state index contributed by atoms with van der Waals surface area (Å²) in [6, 6.07) is 0. The van der Waals surface area contributed by atoms with Crippen LogP contribution >= 0.6 is 23.4 Å². The lowest BCUT2D eigenvalue weighted by atomic mass is 10.3. The second-order valence-electron chi connectivity index (χ2n) is 3.42. The molecule has 0 spiro atoms. The maximum absolute atomic E-state index is 11.8. The maximum atomic E-state index is 11.8. The van der Waals surface area contributed by atoms with Gasteiger partial charge in [0.25, 0.3) is 0 Å². The van der Waals surface area contributed by atoms with Crippen LogP contribution < -0.4 is 4.72 Å². The number of aromatic nitrogens is 2. The molecule has 0 fully saturated rings. The lowest BCUT2D eigenvalue weighted by Crippen LogP contribution is -2.26. The van der Waals surface area contributed by atoms with Gasteiger partial charge in [0.2, 0.25) is 15.3 Å². The van der Waals surface area contributed by atoms with Crippen molar-refractivity contribution in [2.24, 2.45) is 0 Å². The quantitative estimate of drug-likeness (QED) is 0.806. The lowest BCUT2D eigenvalue weighted by molar-refractivity contribution is 0.578. The minimum atomic E-state index is -3.52. The van der Waals surface area contributed by atoms with Crippen molar-refractivity contribution in [2.45, 2.75) is 23.5 Å². The molecule has 1 aromatic rings. The smallest absolute Gasteiger partial charge is 0.225 e. The van der Waals surface area contributed by atoms with E-state index in [4.69, 9.17) is 11.6 Å². The topological polar surface area (TPSA) is 72.0 Å². The van der Waals surface area contributed by atoms with Crippen LogP contribution in [0.1, 0.15) is 13.3 Å². The highest BCUT2D eigenvalue weighted by Gasteiger charge is 2.14. The Hall–Kier alpha value is -0.370. The van der Waals surface area contributed by atoms with Gasteiger partial charge in [-0.05, 0) is 24.3 Å². The van der Waals surface area contributed by atoms with Crippen LogP contribution in [0.15, 0.2) is 17.3 Å². The van der Waals surface area contributed by atoms with Crippen LogP contribution in [0.4, 0.5) is 0 Å². The van der Waals surface area contributed by atoms with Crippen molar-refractivity contribution in [3.63, 3.8) is 0 Å². The van der Waals surface area contributed by atoms with Gasteiger partial charge in [0.05, 0.1) is 12.4 Å². The molecule has 0 aliphatic heterocycles. The van der Waals surface area contributed by atoms with Crippen LogP contribution in [0.5, 0.6) is 0 Å². The molecule has 0 saturated carbocycles. The zero-order chi connectivity index (χ0) is 12.9. The molecule has 5 nitrogen and oxygen atoms in total. The number of sulfonamides is 1. The molecule has 8 heteroatoms. The molecular formula is C9H14ClN3O2S2. The van der Waals surface area contributed by atoms with Crippen LogP contribution in [0.2, 0.25) is 5.28 Å². The summed E-state index contributed by atoms with van der Waals surface area (Å²) in [5, 5.41) is 0.444. The SMILES string of the molecule is CSC(C)CCNS(=O)(=O)c1cnc(Cl)nc1. The molecule has 1 atom stereocenters. The third kappa shape index (κ3) is 4.79. The number of hydrogen-bond acceptors (Lipinski definition) is 5. The molecule has 96 valence electrons. The van der Waals surface area contributed by atoms with E-state index in [-0.39, 0.29) is 10.2 Å². The average Bonchev–Trinajstić information content (AvgIpc) is 2.29. The molecule has 0 aliphatic carbocycles. The van der Waals surface area contributed by atoms with E-state index >= 15 is 0 Å². The predicted octanol–water partition coefficient (Wildman–Crippen LogP) is 1.55. The van der Waals surface area contributed by atoms with Crippen LogP contribution in [0, 0.1) is 0 Å². The molecule has 0 aliphatic rings. The summed E-state index contributed by atoms with van der Waals surface area (Å²) >= 11 is 7.18. The van der Waals surface area contributed by atoms with Crippen LogP contribution in [-0.2, 0) is 10.0 Å². The number of halogens is 1. The molecule has 1 N–H and O–H groups in total. The Balaban J connectivity index is 2.60. The first-order chi connectivity index (χ1) is 7.95. The molecule has 0 amide bonds. The summed E-state index contributed by atoms with van der Waals surface area (Å²) in [4.78, 5) is 7.30. The number of rotatable bonds is 6. The Bertz CT molecular complexity index is 450. The van der Waals surface area contributed by atoms with Gasteiger partial charge in [0, 0.05) is 11.8 Å². The molecule has 1 heterocycles. The van der Waals surface area contributed by atoms with E-state index in [2.05, 4.69) is 14.7 Å². The zero-order valence-corrected chi connectivity index (χ0v) is 11.9. The number of nitrogens with zero attached hydrogens (tertiary/aromatic N) is 2. The van der Waals surface area contributed by atoms with E-state index in [1.54, 1.807) is 11.8 Å². The normalized spacial score (nSPS) is 13.6. The second-order valence-corrected chi connectivity index (χ2v) is 6.80. The van der Waals surface area contributed by atoms with E-state index in [0.29, 0.717) is 11.8 Å². The number of nitrogens with one attached hydrogen (secondary N) is 1. The summed E-state index contributed by atoms with van der Waals surface area (Å²) < 4.78 is 26.0. The monoisotopic (exact) mass is 295 g/mol. The van der Waals surface area contributed by atoms with E-state index in [1.165, 1.54) is 12.4 Å². The summed E-state index contributed by atoms with van der Waals surface area (Å²) in [7, 11) is -3.52. The Morgan fingerprint density at radius 1 is 1.47 bits per heavy atom. The lowest BCUT2D eigenvalue weighted by Gasteiger charge is -2.09.